The Balaban J connectivity index is 0.00000225. The van der Waals surface area contributed by atoms with E-state index in [1.54, 1.807) is 6.07 Å². The van der Waals surface area contributed by atoms with Crippen molar-refractivity contribution in [3.05, 3.63) is 72.2 Å². The molecule has 134 valence electrons. The smallest absolute Gasteiger partial charge is 0.123 e. The second-order valence-corrected chi connectivity index (χ2v) is 6.05. The zero-order valence-electron chi connectivity index (χ0n) is 14.2. The van der Waals surface area contributed by atoms with Gasteiger partial charge in [-0.25, -0.2) is 4.39 Å². The predicted molar refractivity (Wildman–Crippen MR) is 103 cm³/mol. The Morgan fingerprint density at radius 3 is 2.68 bits per heavy atom. The summed E-state index contributed by atoms with van der Waals surface area (Å²) in [5.74, 6) is -0.289. The van der Waals surface area contributed by atoms with Crippen LogP contribution >= 0.6 is 12.4 Å². The van der Waals surface area contributed by atoms with E-state index in [-0.39, 0.29) is 24.3 Å². The van der Waals surface area contributed by atoms with Gasteiger partial charge in [-0.1, -0.05) is 37.3 Å². The molecule has 0 spiro atoms. The van der Waals surface area contributed by atoms with Gasteiger partial charge in [0.1, 0.15) is 5.82 Å². The maximum absolute atomic E-state index is 13.7. The second-order valence-electron chi connectivity index (χ2n) is 6.05. The zero-order chi connectivity index (χ0) is 16.9. The van der Waals surface area contributed by atoms with E-state index in [1.165, 1.54) is 12.1 Å². The highest BCUT2D eigenvalue weighted by molar-refractivity contribution is 5.85. The molecule has 0 saturated heterocycles. The second kappa shape index (κ2) is 8.99. The summed E-state index contributed by atoms with van der Waals surface area (Å²) < 4.78 is 15.8. The molecule has 0 aliphatic carbocycles. The normalized spacial score (nSPS) is 13.4. The number of benzene rings is 2. The van der Waals surface area contributed by atoms with Crippen LogP contribution in [0, 0.1) is 5.82 Å². The molecule has 1 aromatic heterocycles. The van der Waals surface area contributed by atoms with E-state index in [1.807, 2.05) is 47.2 Å². The summed E-state index contributed by atoms with van der Waals surface area (Å²) in [7, 11) is 0. The first-order chi connectivity index (χ1) is 11.7. The van der Waals surface area contributed by atoms with Crippen molar-refractivity contribution in [3.63, 3.8) is 0 Å². The third kappa shape index (κ3) is 4.40. The molecule has 3 nitrogen and oxygen atoms in total. The molecular weight excluding hydrogens is 339 g/mol. The third-order valence-corrected chi connectivity index (χ3v) is 4.26. The fraction of sp³-hybridized carbons (Fsp3) is 0.300. The summed E-state index contributed by atoms with van der Waals surface area (Å²) in [5.41, 5.74) is 1.79. The van der Waals surface area contributed by atoms with E-state index >= 15 is 0 Å². The lowest BCUT2D eigenvalue weighted by Crippen LogP contribution is -2.35. The molecule has 25 heavy (non-hydrogen) atoms. The fourth-order valence-corrected chi connectivity index (χ4v) is 3.14. The van der Waals surface area contributed by atoms with Gasteiger partial charge in [-0.2, -0.15) is 0 Å². The van der Waals surface area contributed by atoms with Crippen LogP contribution in [-0.2, 0) is 0 Å². The molecule has 0 amide bonds. The van der Waals surface area contributed by atoms with Crippen molar-refractivity contribution in [1.29, 1.82) is 0 Å². The van der Waals surface area contributed by atoms with E-state index in [0.717, 1.165) is 29.4 Å². The summed E-state index contributed by atoms with van der Waals surface area (Å²) in [4.78, 5) is 0. The van der Waals surface area contributed by atoms with Gasteiger partial charge in [-0.15, -0.1) is 12.4 Å². The van der Waals surface area contributed by atoms with Crippen LogP contribution in [0.3, 0.4) is 0 Å². The van der Waals surface area contributed by atoms with Crippen molar-refractivity contribution in [2.45, 2.75) is 25.5 Å². The lowest BCUT2D eigenvalue weighted by molar-refractivity contribution is 0.130. The zero-order valence-corrected chi connectivity index (χ0v) is 15.0. The number of fused-ring (bicyclic) bond motifs is 1. The monoisotopic (exact) mass is 362 g/mol. The van der Waals surface area contributed by atoms with E-state index in [9.17, 15) is 9.50 Å². The van der Waals surface area contributed by atoms with Crippen molar-refractivity contribution in [2.75, 3.05) is 13.1 Å². The van der Waals surface area contributed by atoms with Crippen LogP contribution in [0.5, 0.6) is 0 Å². The topological polar surface area (TPSA) is 37.2 Å². The molecule has 3 aromatic rings. The van der Waals surface area contributed by atoms with Gasteiger partial charge in [0.25, 0.3) is 0 Å². The predicted octanol–water partition coefficient (Wildman–Crippen LogP) is 4.15. The number of rotatable bonds is 7. The summed E-state index contributed by atoms with van der Waals surface area (Å²) >= 11 is 0. The molecule has 0 bridgehead atoms. The number of nitrogens with zero attached hydrogens (tertiary/aromatic N) is 1. The molecule has 2 atom stereocenters. The molecule has 0 aliphatic heterocycles. The van der Waals surface area contributed by atoms with Crippen LogP contribution in [0.2, 0.25) is 0 Å². The standard InChI is InChI=1S/C20H23FN2O.ClH/c1-2-11-22-14-19(24)20(16-7-5-8-17(21)13-16)23-12-10-15-6-3-4-9-18(15)23;/h3-10,12-13,19-20,22,24H,2,11,14H2,1H3;1H/t19-,20+;/m1./s1. The Bertz CT molecular complexity index is 805. The van der Waals surface area contributed by atoms with E-state index in [0.29, 0.717) is 6.54 Å². The van der Waals surface area contributed by atoms with Crippen molar-refractivity contribution >= 4 is 23.3 Å². The lowest BCUT2D eigenvalue weighted by Gasteiger charge is -2.26. The molecule has 0 aliphatic rings. The van der Waals surface area contributed by atoms with Gasteiger partial charge in [-0.3, -0.25) is 0 Å². The summed E-state index contributed by atoms with van der Waals surface area (Å²) in [5, 5.41) is 15.2. The SMILES string of the molecule is CCCNC[C@@H](O)[C@H](c1cccc(F)c1)n1ccc2ccccc21.Cl. The number of nitrogens with one attached hydrogen (secondary N) is 1. The summed E-state index contributed by atoms with van der Waals surface area (Å²) in [6.45, 7) is 3.39. The highest BCUT2D eigenvalue weighted by Gasteiger charge is 2.24. The Morgan fingerprint density at radius 1 is 1.12 bits per heavy atom. The largest absolute Gasteiger partial charge is 0.389 e. The Hall–Kier alpha value is -1.88. The van der Waals surface area contributed by atoms with Crippen LogP contribution in [0.25, 0.3) is 10.9 Å². The lowest BCUT2D eigenvalue weighted by atomic mass is 10.0. The average Bonchev–Trinajstić information content (AvgIpc) is 3.00. The van der Waals surface area contributed by atoms with Gasteiger partial charge in [0.15, 0.2) is 0 Å². The Kier molecular flexibility index (Phi) is 7.00. The molecule has 0 unspecified atom stereocenters. The molecule has 0 fully saturated rings. The Labute approximate surface area is 153 Å². The first-order valence-electron chi connectivity index (χ1n) is 8.40. The number of hydrogen-bond acceptors (Lipinski definition) is 2. The van der Waals surface area contributed by atoms with Crippen LogP contribution in [0.1, 0.15) is 24.9 Å². The molecule has 5 heteroatoms. The first kappa shape index (κ1) is 19.4. The van der Waals surface area contributed by atoms with Gasteiger partial charge in [0.2, 0.25) is 0 Å². The molecule has 0 radical (unpaired) electrons. The van der Waals surface area contributed by atoms with Crippen molar-refractivity contribution in [3.8, 4) is 0 Å². The minimum absolute atomic E-state index is 0. The molecular formula is C20H24ClFN2O. The fourth-order valence-electron chi connectivity index (χ4n) is 3.14. The maximum atomic E-state index is 13.7. The number of hydrogen-bond donors (Lipinski definition) is 2. The van der Waals surface area contributed by atoms with Gasteiger partial charge in [-0.05, 0) is 48.2 Å². The van der Waals surface area contributed by atoms with Crippen molar-refractivity contribution < 1.29 is 9.50 Å². The number of aliphatic hydroxyl groups excluding tert-OH is 1. The molecule has 1 heterocycles. The van der Waals surface area contributed by atoms with Gasteiger partial charge >= 0.3 is 0 Å². The summed E-state index contributed by atoms with van der Waals surface area (Å²) in [6.07, 6.45) is 2.31. The highest BCUT2D eigenvalue weighted by atomic mass is 35.5. The minimum Gasteiger partial charge on any atom is -0.389 e. The molecule has 2 N–H and O–H groups in total. The molecule has 2 aromatic carbocycles. The average molecular weight is 363 g/mol. The molecule has 3 rings (SSSR count). The molecule has 0 saturated carbocycles. The number of para-hydroxylation sites is 1. The van der Waals surface area contributed by atoms with Gasteiger partial charge in [0.05, 0.1) is 12.1 Å². The minimum atomic E-state index is -0.658. The quantitative estimate of drug-likeness (QED) is 0.619. The highest BCUT2D eigenvalue weighted by Crippen LogP contribution is 2.28. The van der Waals surface area contributed by atoms with Crippen LogP contribution in [0.15, 0.2) is 60.8 Å². The summed E-state index contributed by atoms with van der Waals surface area (Å²) in [6, 6.07) is 16.2. The number of halogens is 2. The van der Waals surface area contributed by atoms with Crippen molar-refractivity contribution in [2.24, 2.45) is 0 Å². The Morgan fingerprint density at radius 2 is 1.92 bits per heavy atom. The van der Waals surface area contributed by atoms with E-state index in [4.69, 9.17) is 0 Å². The maximum Gasteiger partial charge on any atom is 0.123 e. The number of aromatic nitrogens is 1. The first-order valence-corrected chi connectivity index (χ1v) is 8.40. The third-order valence-electron chi connectivity index (χ3n) is 4.26. The van der Waals surface area contributed by atoms with Crippen LogP contribution < -0.4 is 5.32 Å². The van der Waals surface area contributed by atoms with E-state index in [2.05, 4.69) is 12.2 Å². The van der Waals surface area contributed by atoms with Crippen molar-refractivity contribution in [1.82, 2.24) is 9.88 Å². The van der Waals surface area contributed by atoms with Gasteiger partial charge < -0.3 is 15.0 Å². The van der Waals surface area contributed by atoms with E-state index < -0.39 is 6.10 Å². The van der Waals surface area contributed by atoms with Crippen LogP contribution in [-0.4, -0.2) is 28.9 Å². The van der Waals surface area contributed by atoms with Gasteiger partial charge in [0, 0.05) is 18.3 Å². The van der Waals surface area contributed by atoms with Crippen LogP contribution in [0.4, 0.5) is 4.39 Å². The number of aliphatic hydroxyl groups is 1.